The minimum absolute atomic E-state index is 0.110. The van der Waals surface area contributed by atoms with E-state index in [4.69, 9.17) is 32.4 Å². The lowest BCUT2D eigenvalue weighted by molar-refractivity contribution is 0.114. The van der Waals surface area contributed by atoms with Crippen LogP contribution in [-0.2, 0) is 0 Å². The van der Waals surface area contributed by atoms with Gasteiger partial charge in [0.1, 0.15) is 24.5 Å². The maximum atomic E-state index is 9.15. The zero-order chi connectivity index (χ0) is 11.3. The van der Waals surface area contributed by atoms with E-state index >= 15 is 0 Å². The lowest BCUT2D eigenvalue weighted by Crippen LogP contribution is -2.26. The highest BCUT2D eigenvalue weighted by Gasteiger charge is 2.04. The molecule has 5 heteroatoms. The Morgan fingerprint density at radius 3 is 2.87 bits per heavy atom. The second kappa shape index (κ2) is 5.56. The molecule has 1 aromatic rings. The fraction of sp³-hybridized carbons (Fsp3) is 0.300. The molecular formula is C10H11ClN2O2. The topological polar surface area (TPSA) is 79.3 Å². The first kappa shape index (κ1) is 11.8. The molecule has 0 aliphatic carbocycles. The van der Waals surface area contributed by atoms with E-state index in [1.165, 1.54) is 6.07 Å². The third-order valence-electron chi connectivity index (χ3n) is 1.78. The number of nitriles is 1. The van der Waals surface area contributed by atoms with Crippen molar-refractivity contribution < 1.29 is 9.84 Å². The second-order valence-electron chi connectivity index (χ2n) is 2.95. The van der Waals surface area contributed by atoms with Gasteiger partial charge in [0.05, 0.1) is 10.6 Å². The van der Waals surface area contributed by atoms with Gasteiger partial charge in [0.2, 0.25) is 0 Å². The summed E-state index contributed by atoms with van der Waals surface area (Å²) in [5.41, 5.74) is 5.60. The van der Waals surface area contributed by atoms with Gasteiger partial charge in [-0.05, 0) is 12.1 Å². The Morgan fingerprint density at radius 1 is 1.60 bits per heavy atom. The zero-order valence-corrected chi connectivity index (χ0v) is 8.74. The van der Waals surface area contributed by atoms with Crippen LogP contribution in [0, 0.1) is 11.3 Å². The number of hydrogen-bond donors (Lipinski definition) is 2. The molecule has 0 aliphatic heterocycles. The van der Waals surface area contributed by atoms with Crippen molar-refractivity contribution in [1.82, 2.24) is 0 Å². The lowest BCUT2D eigenvalue weighted by atomic mass is 10.2. The van der Waals surface area contributed by atoms with Crippen LogP contribution in [-0.4, -0.2) is 24.4 Å². The molecule has 0 aromatic heterocycles. The third kappa shape index (κ3) is 3.40. The van der Waals surface area contributed by atoms with E-state index in [9.17, 15) is 0 Å². The van der Waals surface area contributed by atoms with Crippen LogP contribution in [0.1, 0.15) is 5.56 Å². The standard InChI is InChI=1S/C10H11ClN2O2/c11-10-3-9(2-1-7(10)4-12)15-6-8(14)5-13/h1-3,8,14H,5-6,13H2. The molecule has 1 unspecified atom stereocenters. The van der Waals surface area contributed by atoms with Gasteiger partial charge >= 0.3 is 0 Å². The lowest BCUT2D eigenvalue weighted by Gasteiger charge is -2.10. The van der Waals surface area contributed by atoms with Crippen molar-refractivity contribution in [2.75, 3.05) is 13.2 Å². The van der Waals surface area contributed by atoms with Crippen LogP contribution in [0.25, 0.3) is 0 Å². The quantitative estimate of drug-likeness (QED) is 0.800. The third-order valence-corrected chi connectivity index (χ3v) is 2.09. The summed E-state index contributed by atoms with van der Waals surface area (Å²) in [5, 5.41) is 18.1. The van der Waals surface area contributed by atoms with E-state index in [0.29, 0.717) is 16.3 Å². The summed E-state index contributed by atoms with van der Waals surface area (Å²) >= 11 is 5.79. The SMILES string of the molecule is N#Cc1ccc(OCC(O)CN)cc1Cl. The average Bonchev–Trinajstić information content (AvgIpc) is 2.26. The van der Waals surface area contributed by atoms with Gasteiger partial charge in [0.15, 0.2) is 0 Å². The van der Waals surface area contributed by atoms with Crippen LogP contribution in [0.3, 0.4) is 0 Å². The van der Waals surface area contributed by atoms with Crippen molar-refractivity contribution in [2.24, 2.45) is 5.73 Å². The summed E-state index contributed by atoms with van der Waals surface area (Å²) in [6.45, 7) is 0.253. The summed E-state index contributed by atoms with van der Waals surface area (Å²) in [6, 6.07) is 6.65. The summed E-state index contributed by atoms with van der Waals surface area (Å²) in [7, 11) is 0. The fourth-order valence-electron chi connectivity index (χ4n) is 0.937. The first-order valence-electron chi connectivity index (χ1n) is 4.38. The fourth-order valence-corrected chi connectivity index (χ4v) is 1.15. The number of hydrogen-bond acceptors (Lipinski definition) is 4. The van der Waals surface area contributed by atoms with Gasteiger partial charge in [-0.3, -0.25) is 0 Å². The molecular weight excluding hydrogens is 216 g/mol. The van der Waals surface area contributed by atoms with Gasteiger partial charge in [-0.1, -0.05) is 11.6 Å². The number of benzene rings is 1. The van der Waals surface area contributed by atoms with Crippen molar-refractivity contribution in [3.8, 4) is 11.8 Å². The van der Waals surface area contributed by atoms with E-state index in [0.717, 1.165) is 0 Å². The molecule has 0 heterocycles. The molecule has 1 atom stereocenters. The maximum Gasteiger partial charge on any atom is 0.121 e. The molecule has 0 aliphatic rings. The summed E-state index contributed by atoms with van der Waals surface area (Å²) in [6.07, 6.45) is -0.695. The number of ether oxygens (including phenoxy) is 1. The normalized spacial score (nSPS) is 11.9. The summed E-state index contributed by atoms with van der Waals surface area (Å²) < 4.78 is 5.22. The molecule has 4 nitrogen and oxygen atoms in total. The van der Waals surface area contributed by atoms with Gasteiger partial charge in [-0.15, -0.1) is 0 Å². The Balaban J connectivity index is 2.64. The molecule has 0 fully saturated rings. The molecule has 0 saturated heterocycles. The highest BCUT2D eigenvalue weighted by molar-refractivity contribution is 6.31. The minimum Gasteiger partial charge on any atom is -0.491 e. The largest absolute Gasteiger partial charge is 0.491 e. The van der Waals surface area contributed by atoms with Crippen LogP contribution in [0.4, 0.5) is 0 Å². The number of nitrogens with two attached hydrogens (primary N) is 1. The van der Waals surface area contributed by atoms with E-state index < -0.39 is 6.10 Å². The Hall–Kier alpha value is -1.28. The van der Waals surface area contributed by atoms with Crippen LogP contribution in [0.2, 0.25) is 5.02 Å². The minimum atomic E-state index is -0.695. The highest BCUT2D eigenvalue weighted by Crippen LogP contribution is 2.21. The van der Waals surface area contributed by atoms with Crippen molar-refractivity contribution in [2.45, 2.75) is 6.10 Å². The van der Waals surface area contributed by atoms with E-state index in [1.54, 1.807) is 12.1 Å². The van der Waals surface area contributed by atoms with E-state index in [2.05, 4.69) is 0 Å². The van der Waals surface area contributed by atoms with Gasteiger partial charge in [0.25, 0.3) is 0 Å². The monoisotopic (exact) mass is 226 g/mol. The number of rotatable bonds is 4. The average molecular weight is 227 g/mol. The van der Waals surface area contributed by atoms with Crippen molar-refractivity contribution in [3.05, 3.63) is 28.8 Å². The molecule has 0 spiro atoms. The Labute approximate surface area is 92.8 Å². The maximum absolute atomic E-state index is 9.15. The molecule has 15 heavy (non-hydrogen) atoms. The van der Waals surface area contributed by atoms with Gasteiger partial charge < -0.3 is 15.6 Å². The Morgan fingerprint density at radius 2 is 2.33 bits per heavy atom. The van der Waals surface area contributed by atoms with E-state index in [1.807, 2.05) is 6.07 Å². The predicted octanol–water partition coefficient (Wildman–Crippen LogP) is 0.910. The molecule has 1 rings (SSSR count). The molecule has 80 valence electrons. The smallest absolute Gasteiger partial charge is 0.121 e. The number of halogens is 1. The molecule has 0 bridgehead atoms. The van der Waals surface area contributed by atoms with Gasteiger partial charge in [-0.25, -0.2) is 0 Å². The zero-order valence-electron chi connectivity index (χ0n) is 7.98. The molecule has 0 radical (unpaired) electrons. The summed E-state index contributed by atoms with van der Waals surface area (Å²) in [4.78, 5) is 0. The first-order valence-corrected chi connectivity index (χ1v) is 4.75. The number of aliphatic hydroxyl groups excluding tert-OH is 1. The van der Waals surface area contributed by atoms with Crippen LogP contribution in [0.5, 0.6) is 5.75 Å². The van der Waals surface area contributed by atoms with Crippen LogP contribution >= 0.6 is 11.6 Å². The molecule has 0 amide bonds. The van der Waals surface area contributed by atoms with Crippen LogP contribution < -0.4 is 10.5 Å². The first-order chi connectivity index (χ1) is 7.17. The second-order valence-corrected chi connectivity index (χ2v) is 3.36. The predicted molar refractivity (Wildman–Crippen MR) is 56.7 cm³/mol. The number of aliphatic hydroxyl groups is 1. The molecule has 3 N–H and O–H groups in total. The van der Waals surface area contributed by atoms with Gasteiger partial charge in [0, 0.05) is 12.6 Å². The Bertz CT molecular complexity index is 376. The van der Waals surface area contributed by atoms with E-state index in [-0.39, 0.29) is 13.2 Å². The molecule has 0 saturated carbocycles. The Kier molecular flexibility index (Phi) is 4.37. The highest BCUT2D eigenvalue weighted by atomic mass is 35.5. The van der Waals surface area contributed by atoms with Crippen molar-refractivity contribution >= 4 is 11.6 Å². The van der Waals surface area contributed by atoms with Crippen molar-refractivity contribution in [3.63, 3.8) is 0 Å². The van der Waals surface area contributed by atoms with Gasteiger partial charge in [-0.2, -0.15) is 5.26 Å². The number of nitrogens with zero attached hydrogens (tertiary/aromatic N) is 1. The summed E-state index contributed by atoms with van der Waals surface area (Å²) in [5.74, 6) is 0.506. The molecule has 1 aromatic carbocycles. The van der Waals surface area contributed by atoms with Crippen molar-refractivity contribution in [1.29, 1.82) is 5.26 Å². The van der Waals surface area contributed by atoms with Crippen LogP contribution in [0.15, 0.2) is 18.2 Å².